The van der Waals surface area contributed by atoms with E-state index in [1.807, 2.05) is 48.5 Å². The van der Waals surface area contributed by atoms with Crippen LogP contribution in [0.5, 0.6) is 11.5 Å². The Morgan fingerprint density at radius 3 is 2.38 bits per heavy atom. The zero-order valence-corrected chi connectivity index (χ0v) is 17.0. The van der Waals surface area contributed by atoms with E-state index in [4.69, 9.17) is 9.47 Å². The third kappa shape index (κ3) is 5.28. The molecular formula is C23H28N2O4. The molecule has 2 aromatic carbocycles. The number of nitrogens with one attached hydrogen (secondary N) is 1. The molecule has 0 aromatic heterocycles. The molecule has 29 heavy (non-hydrogen) atoms. The van der Waals surface area contributed by atoms with Gasteiger partial charge in [-0.3, -0.25) is 9.59 Å². The highest BCUT2D eigenvalue weighted by molar-refractivity contribution is 5.94. The van der Waals surface area contributed by atoms with Gasteiger partial charge in [0.05, 0.1) is 12.8 Å². The van der Waals surface area contributed by atoms with E-state index in [-0.39, 0.29) is 24.3 Å². The molecule has 1 saturated heterocycles. The van der Waals surface area contributed by atoms with Gasteiger partial charge in [0, 0.05) is 19.0 Å². The predicted octanol–water partition coefficient (Wildman–Crippen LogP) is 3.51. The van der Waals surface area contributed by atoms with Crippen LogP contribution in [-0.2, 0) is 16.0 Å². The number of aryl methyl sites for hydroxylation is 1. The van der Waals surface area contributed by atoms with Crippen LogP contribution >= 0.6 is 0 Å². The molecule has 0 aliphatic carbocycles. The van der Waals surface area contributed by atoms with Gasteiger partial charge in [-0.25, -0.2) is 0 Å². The highest BCUT2D eigenvalue weighted by Crippen LogP contribution is 2.26. The third-order valence-corrected chi connectivity index (χ3v) is 5.29. The minimum atomic E-state index is -0.120. The van der Waals surface area contributed by atoms with Crippen molar-refractivity contribution >= 4 is 17.5 Å². The fourth-order valence-electron chi connectivity index (χ4n) is 3.54. The maximum atomic E-state index is 12.6. The van der Waals surface area contributed by atoms with Crippen molar-refractivity contribution in [1.82, 2.24) is 4.90 Å². The first-order chi connectivity index (χ1) is 14.1. The van der Waals surface area contributed by atoms with Gasteiger partial charge >= 0.3 is 0 Å². The normalized spacial score (nSPS) is 14.3. The van der Waals surface area contributed by atoms with Gasteiger partial charge in [0.2, 0.25) is 5.91 Å². The number of amides is 2. The molecule has 6 nitrogen and oxygen atoms in total. The molecule has 0 atom stereocenters. The third-order valence-electron chi connectivity index (χ3n) is 5.29. The first-order valence-electron chi connectivity index (χ1n) is 10.0. The number of hydrogen-bond acceptors (Lipinski definition) is 4. The van der Waals surface area contributed by atoms with Crippen molar-refractivity contribution in [2.75, 3.05) is 32.1 Å². The lowest BCUT2D eigenvalue weighted by Crippen LogP contribution is -2.43. The molecule has 6 heteroatoms. The Labute approximate surface area is 171 Å². The van der Waals surface area contributed by atoms with Crippen molar-refractivity contribution < 1.29 is 19.1 Å². The molecular weight excluding hydrogens is 368 g/mol. The average Bonchev–Trinajstić information content (AvgIpc) is 2.78. The number of benzene rings is 2. The standard InChI is InChI=1S/C23H28N2O4/c1-3-17-8-4-6-10-20(17)29-16-22(26)25-14-12-18(13-15-25)23(27)24-19-9-5-7-11-21(19)28-2/h4-11,18H,3,12-16H2,1-2H3,(H,24,27). The number of likely N-dealkylation sites (tertiary alicyclic amines) is 1. The lowest BCUT2D eigenvalue weighted by atomic mass is 9.95. The van der Waals surface area contributed by atoms with Gasteiger partial charge in [0.15, 0.2) is 6.61 Å². The number of rotatable bonds is 7. The highest BCUT2D eigenvalue weighted by atomic mass is 16.5. The van der Waals surface area contributed by atoms with E-state index in [0.29, 0.717) is 37.4 Å². The zero-order chi connectivity index (χ0) is 20.6. The van der Waals surface area contributed by atoms with Crippen LogP contribution < -0.4 is 14.8 Å². The SMILES string of the molecule is CCc1ccccc1OCC(=O)N1CCC(C(=O)Nc2ccccc2OC)CC1. The van der Waals surface area contributed by atoms with Crippen LogP contribution in [0.25, 0.3) is 0 Å². The van der Waals surface area contributed by atoms with Crippen LogP contribution in [0.1, 0.15) is 25.3 Å². The van der Waals surface area contributed by atoms with E-state index in [1.54, 1.807) is 12.0 Å². The van der Waals surface area contributed by atoms with Gasteiger partial charge in [-0.05, 0) is 43.0 Å². The monoisotopic (exact) mass is 396 g/mol. The summed E-state index contributed by atoms with van der Waals surface area (Å²) in [6.45, 7) is 3.20. The molecule has 1 heterocycles. The van der Waals surface area contributed by atoms with Crippen LogP contribution in [-0.4, -0.2) is 43.5 Å². The summed E-state index contributed by atoms with van der Waals surface area (Å²) in [6.07, 6.45) is 2.13. The molecule has 0 unspecified atom stereocenters. The van der Waals surface area contributed by atoms with Crippen molar-refractivity contribution in [3.05, 3.63) is 54.1 Å². The number of ether oxygens (including phenoxy) is 2. The summed E-state index contributed by atoms with van der Waals surface area (Å²) in [5.41, 5.74) is 1.76. The van der Waals surface area contributed by atoms with Crippen LogP contribution in [0.2, 0.25) is 0 Å². The molecule has 0 spiro atoms. The number of nitrogens with zero attached hydrogens (tertiary/aromatic N) is 1. The van der Waals surface area contributed by atoms with E-state index in [9.17, 15) is 9.59 Å². The molecule has 2 amide bonds. The summed E-state index contributed by atoms with van der Waals surface area (Å²) < 4.78 is 11.0. The molecule has 0 radical (unpaired) electrons. The molecule has 154 valence electrons. The Balaban J connectivity index is 1.48. The molecule has 2 aromatic rings. The Hall–Kier alpha value is -3.02. The van der Waals surface area contributed by atoms with Crippen LogP contribution in [0.3, 0.4) is 0 Å². The number of piperidine rings is 1. The van der Waals surface area contributed by atoms with Crippen molar-refractivity contribution in [3.63, 3.8) is 0 Å². The summed E-state index contributed by atoms with van der Waals surface area (Å²) in [6, 6.07) is 15.1. The quantitative estimate of drug-likeness (QED) is 0.778. The molecule has 3 rings (SSSR count). The minimum Gasteiger partial charge on any atom is -0.495 e. The van der Waals surface area contributed by atoms with Gasteiger partial charge in [-0.15, -0.1) is 0 Å². The van der Waals surface area contributed by atoms with E-state index in [1.165, 1.54) is 0 Å². The van der Waals surface area contributed by atoms with E-state index in [0.717, 1.165) is 17.7 Å². The lowest BCUT2D eigenvalue weighted by Gasteiger charge is -2.31. The number of hydrogen-bond donors (Lipinski definition) is 1. The van der Waals surface area contributed by atoms with Crippen molar-refractivity contribution in [2.45, 2.75) is 26.2 Å². The summed E-state index contributed by atoms with van der Waals surface area (Å²) in [5, 5.41) is 2.94. The topological polar surface area (TPSA) is 67.9 Å². The van der Waals surface area contributed by atoms with E-state index in [2.05, 4.69) is 12.2 Å². The molecule has 0 saturated carbocycles. The van der Waals surface area contributed by atoms with E-state index < -0.39 is 0 Å². The van der Waals surface area contributed by atoms with Crippen LogP contribution in [0, 0.1) is 5.92 Å². The molecule has 1 aliphatic rings. The number of carbonyl (C=O) groups excluding carboxylic acids is 2. The second kappa shape index (κ2) is 9.96. The van der Waals surface area contributed by atoms with Crippen LogP contribution in [0.15, 0.2) is 48.5 Å². The lowest BCUT2D eigenvalue weighted by molar-refractivity contribution is -0.136. The van der Waals surface area contributed by atoms with Crippen molar-refractivity contribution in [3.8, 4) is 11.5 Å². The first kappa shape index (κ1) is 20.7. The maximum absolute atomic E-state index is 12.6. The van der Waals surface area contributed by atoms with Gasteiger partial charge < -0.3 is 19.7 Å². The van der Waals surface area contributed by atoms with Gasteiger partial charge in [-0.2, -0.15) is 0 Å². The number of para-hydroxylation sites is 3. The molecule has 0 bridgehead atoms. The van der Waals surface area contributed by atoms with Crippen molar-refractivity contribution in [1.29, 1.82) is 0 Å². The van der Waals surface area contributed by atoms with Gasteiger partial charge in [0.1, 0.15) is 11.5 Å². The summed E-state index contributed by atoms with van der Waals surface area (Å²) >= 11 is 0. The predicted molar refractivity (Wildman–Crippen MR) is 112 cm³/mol. The van der Waals surface area contributed by atoms with Crippen molar-refractivity contribution in [2.24, 2.45) is 5.92 Å². The fourth-order valence-corrected chi connectivity index (χ4v) is 3.54. The average molecular weight is 396 g/mol. The molecule has 1 N–H and O–H groups in total. The number of anilines is 1. The molecule has 1 aliphatic heterocycles. The summed E-state index contributed by atoms with van der Waals surface area (Å²) in [5.74, 6) is 1.20. The Bertz CT molecular complexity index is 844. The highest BCUT2D eigenvalue weighted by Gasteiger charge is 2.28. The van der Waals surface area contributed by atoms with Gasteiger partial charge in [0.25, 0.3) is 5.91 Å². The number of methoxy groups -OCH3 is 1. The van der Waals surface area contributed by atoms with E-state index >= 15 is 0 Å². The minimum absolute atomic E-state index is 0.0229. The smallest absolute Gasteiger partial charge is 0.260 e. The zero-order valence-electron chi connectivity index (χ0n) is 17.0. The second-order valence-electron chi connectivity index (χ2n) is 7.09. The Kier molecular flexibility index (Phi) is 7.11. The maximum Gasteiger partial charge on any atom is 0.260 e. The van der Waals surface area contributed by atoms with Gasteiger partial charge in [-0.1, -0.05) is 37.3 Å². The summed E-state index contributed by atoms with van der Waals surface area (Å²) in [4.78, 5) is 26.9. The first-order valence-corrected chi connectivity index (χ1v) is 10.0. The molecule has 1 fully saturated rings. The second-order valence-corrected chi connectivity index (χ2v) is 7.09. The number of carbonyl (C=O) groups is 2. The largest absolute Gasteiger partial charge is 0.495 e. The van der Waals surface area contributed by atoms with Crippen LogP contribution in [0.4, 0.5) is 5.69 Å². The Morgan fingerprint density at radius 2 is 1.69 bits per heavy atom. The Morgan fingerprint density at radius 1 is 1.03 bits per heavy atom. The summed E-state index contributed by atoms with van der Waals surface area (Å²) in [7, 11) is 1.58. The fraction of sp³-hybridized carbons (Fsp3) is 0.391.